The van der Waals surface area contributed by atoms with Crippen LogP contribution in [0, 0.1) is 6.92 Å². The Bertz CT molecular complexity index is 900. The highest BCUT2D eigenvalue weighted by Gasteiger charge is 2.30. The fraction of sp³-hybridized carbons (Fsp3) is 0.316. The van der Waals surface area contributed by atoms with Crippen LogP contribution < -0.4 is 5.32 Å². The zero-order valence-electron chi connectivity index (χ0n) is 14.5. The summed E-state index contributed by atoms with van der Waals surface area (Å²) >= 11 is 3.20. The fourth-order valence-corrected chi connectivity index (χ4v) is 4.35. The van der Waals surface area contributed by atoms with E-state index in [1.54, 1.807) is 11.3 Å². The van der Waals surface area contributed by atoms with Gasteiger partial charge in [-0.05, 0) is 42.8 Å². The summed E-state index contributed by atoms with van der Waals surface area (Å²) in [5, 5.41) is 14.7. The lowest BCUT2D eigenvalue weighted by Crippen LogP contribution is -2.15. The minimum absolute atomic E-state index is 0.0190. The van der Waals surface area contributed by atoms with Crippen molar-refractivity contribution in [3.05, 3.63) is 58.0 Å². The Hall–Kier alpha value is -2.12. The van der Waals surface area contributed by atoms with Gasteiger partial charge in [-0.2, -0.15) is 0 Å². The third-order valence-electron chi connectivity index (χ3n) is 4.31. The molecule has 1 saturated carbocycles. The number of rotatable bonds is 7. The predicted molar refractivity (Wildman–Crippen MR) is 106 cm³/mol. The first-order valence-electron chi connectivity index (χ1n) is 8.65. The SMILES string of the molecule is Cc1ccccc1NC(=O)CSc1nnc(Cc2cccs2)n1C1CC1. The molecule has 1 fully saturated rings. The molecule has 7 heteroatoms. The molecule has 1 amide bonds. The van der Waals surface area contributed by atoms with E-state index in [-0.39, 0.29) is 5.91 Å². The third-order valence-corrected chi connectivity index (χ3v) is 6.13. The van der Waals surface area contributed by atoms with Crippen LogP contribution in [0.15, 0.2) is 46.9 Å². The normalized spacial score (nSPS) is 13.7. The first-order valence-corrected chi connectivity index (χ1v) is 10.5. The molecule has 0 atom stereocenters. The van der Waals surface area contributed by atoms with Gasteiger partial charge in [0, 0.05) is 23.0 Å². The molecule has 2 heterocycles. The number of nitrogens with one attached hydrogen (secondary N) is 1. The van der Waals surface area contributed by atoms with Gasteiger partial charge in [0.2, 0.25) is 5.91 Å². The Morgan fingerprint density at radius 2 is 2.12 bits per heavy atom. The number of nitrogens with zero attached hydrogens (tertiary/aromatic N) is 3. The van der Waals surface area contributed by atoms with Gasteiger partial charge in [0.15, 0.2) is 5.16 Å². The molecule has 26 heavy (non-hydrogen) atoms. The largest absolute Gasteiger partial charge is 0.325 e. The molecule has 3 aromatic rings. The third kappa shape index (κ3) is 3.99. The van der Waals surface area contributed by atoms with Crippen molar-refractivity contribution in [1.29, 1.82) is 0 Å². The van der Waals surface area contributed by atoms with Gasteiger partial charge in [-0.15, -0.1) is 21.5 Å². The number of carbonyl (C=O) groups excluding carboxylic acids is 1. The average Bonchev–Trinajstić information content (AvgIpc) is 3.18. The molecule has 0 saturated heterocycles. The highest BCUT2D eigenvalue weighted by atomic mass is 32.2. The van der Waals surface area contributed by atoms with Gasteiger partial charge in [0.05, 0.1) is 5.75 Å². The summed E-state index contributed by atoms with van der Waals surface area (Å²) in [5.74, 6) is 1.31. The van der Waals surface area contributed by atoms with Gasteiger partial charge in [0.25, 0.3) is 0 Å². The fourth-order valence-electron chi connectivity index (χ4n) is 2.82. The first-order chi connectivity index (χ1) is 12.7. The molecule has 0 radical (unpaired) electrons. The van der Waals surface area contributed by atoms with E-state index < -0.39 is 0 Å². The Labute approximate surface area is 160 Å². The molecule has 0 bridgehead atoms. The Morgan fingerprint density at radius 1 is 1.27 bits per heavy atom. The highest BCUT2D eigenvalue weighted by Crippen LogP contribution is 2.39. The van der Waals surface area contributed by atoms with Gasteiger partial charge in [-0.1, -0.05) is 36.0 Å². The summed E-state index contributed by atoms with van der Waals surface area (Å²) < 4.78 is 2.23. The van der Waals surface area contributed by atoms with Crippen molar-refractivity contribution < 1.29 is 4.79 Å². The number of para-hydroxylation sites is 1. The van der Waals surface area contributed by atoms with Gasteiger partial charge in [-0.25, -0.2) is 0 Å². The molecule has 1 aromatic carbocycles. The molecule has 1 N–H and O–H groups in total. The lowest BCUT2D eigenvalue weighted by atomic mass is 10.2. The smallest absolute Gasteiger partial charge is 0.234 e. The van der Waals surface area contributed by atoms with E-state index in [9.17, 15) is 4.79 Å². The summed E-state index contributed by atoms with van der Waals surface area (Å²) in [4.78, 5) is 13.6. The number of thioether (sulfide) groups is 1. The van der Waals surface area contributed by atoms with Gasteiger partial charge < -0.3 is 9.88 Å². The van der Waals surface area contributed by atoms with Crippen molar-refractivity contribution in [3.8, 4) is 0 Å². The van der Waals surface area contributed by atoms with Crippen molar-refractivity contribution in [3.63, 3.8) is 0 Å². The number of thiophene rings is 1. The molecule has 2 aromatic heterocycles. The standard InChI is InChI=1S/C19H20N4OS2/c1-13-5-2-3-7-16(13)20-18(24)12-26-19-22-21-17(23(19)14-8-9-14)11-15-6-4-10-25-15/h2-7,10,14H,8-9,11-12H2,1H3,(H,20,24). The van der Waals surface area contributed by atoms with Crippen LogP contribution in [0.5, 0.6) is 0 Å². The molecule has 134 valence electrons. The molecule has 0 unspecified atom stereocenters. The van der Waals surface area contributed by atoms with Crippen LogP contribution in [-0.4, -0.2) is 26.4 Å². The number of hydrogen-bond donors (Lipinski definition) is 1. The average molecular weight is 385 g/mol. The molecule has 0 spiro atoms. The summed E-state index contributed by atoms with van der Waals surface area (Å²) in [6, 6.07) is 12.5. The van der Waals surface area contributed by atoms with E-state index in [4.69, 9.17) is 0 Å². The molecule has 1 aliphatic carbocycles. The number of carbonyl (C=O) groups is 1. The lowest BCUT2D eigenvalue weighted by molar-refractivity contribution is -0.113. The molecular formula is C19H20N4OS2. The number of anilines is 1. The second-order valence-corrected chi connectivity index (χ2v) is 8.38. The van der Waals surface area contributed by atoms with E-state index in [0.29, 0.717) is 11.8 Å². The van der Waals surface area contributed by atoms with Crippen LogP contribution in [0.2, 0.25) is 0 Å². The van der Waals surface area contributed by atoms with Crippen LogP contribution >= 0.6 is 23.1 Å². The predicted octanol–water partition coefficient (Wildman–Crippen LogP) is 4.30. The molecule has 0 aliphatic heterocycles. The van der Waals surface area contributed by atoms with Crippen molar-refractivity contribution in [1.82, 2.24) is 14.8 Å². The van der Waals surface area contributed by atoms with Crippen LogP contribution in [0.1, 0.15) is 35.1 Å². The molecule has 5 nitrogen and oxygen atoms in total. The molecular weight excluding hydrogens is 364 g/mol. The van der Waals surface area contributed by atoms with Crippen LogP contribution in [0.3, 0.4) is 0 Å². The first kappa shape index (κ1) is 17.3. The topological polar surface area (TPSA) is 59.8 Å². The summed E-state index contributed by atoms with van der Waals surface area (Å²) in [7, 11) is 0. The number of benzene rings is 1. The summed E-state index contributed by atoms with van der Waals surface area (Å²) in [5.41, 5.74) is 1.92. The van der Waals surface area contributed by atoms with Crippen LogP contribution in [0.4, 0.5) is 5.69 Å². The second-order valence-electron chi connectivity index (χ2n) is 6.41. The van der Waals surface area contributed by atoms with E-state index in [1.807, 2.05) is 31.2 Å². The maximum atomic E-state index is 12.3. The quantitative estimate of drug-likeness (QED) is 0.617. The maximum absolute atomic E-state index is 12.3. The second kappa shape index (κ2) is 7.63. The minimum atomic E-state index is -0.0190. The van der Waals surface area contributed by atoms with Crippen molar-refractivity contribution >= 4 is 34.7 Å². The monoisotopic (exact) mass is 384 g/mol. The number of amides is 1. The van der Waals surface area contributed by atoms with Gasteiger partial charge >= 0.3 is 0 Å². The maximum Gasteiger partial charge on any atom is 0.234 e. The Balaban J connectivity index is 1.42. The van der Waals surface area contributed by atoms with Gasteiger partial charge in [-0.3, -0.25) is 4.79 Å². The summed E-state index contributed by atoms with van der Waals surface area (Å²) in [6.45, 7) is 1.99. The highest BCUT2D eigenvalue weighted by molar-refractivity contribution is 7.99. The Morgan fingerprint density at radius 3 is 2.85 bits per heavy atom. The molecule has 1 aliphatic rings. The lowest BCUT2D eigenvalue weighted by Gasteiger charge is -2.09. The molecule has 4 rings (SSSR count). The van der Waals surface area contributed by atoms with Crippen LogP contribution in [0.25, 0.3) is 0 Å². The van der Waals surface area contributed by atoms with Crippen LogP contribution in [-0.2, 0) is 11.2 Å². The number of hydrogen-bond acceptors (Lipinski definition) is 5. The summed E-state index contributed by atoms with van der Waals surface area (Å²) in [6.07, 6.45) is 3.13. The van der Waals surface area contributed by atoms with Crippen molar-refractivity contribution in [2.75, 3.05) is 11.1 Å². The minimum Gasteiger partial charge on any atom is -0.325 e. The Kier molecular flexibility index (Phi) is 5.08. The zero-order chi connectivity index (χ0) is 17.9. The van der Waals surface area contributed by atoms with Gasteiger partial charge in [0.1, 0.15) is 5.82 Å². The zero-order valence-corrected chi connectivity index (χ0v) is 16.1. The van der Waals surface area contributed by atoms with E-state index in [1.165, 1.54) is 29.5 Å². The van der Waals surface area contributed by atoms with Crippen molar-refractivity contribution in [2.45, 2.75) is 37.4 Å². The number of aryl methyl sites for hydroxylation is 1. The van der Waals surface area contributed by atoms with E-state index >= 15 is 0 Å². The van der Waals surface area contributed by atoms with E-state index in [2.05, 4.69) is 37.6 Å². The van der Waals surface area contributed by atoms with E-state index in [0.717, 1.165) is 28.7 Å². The number of aromatic nitrogens is 3. The van der Waals surface area contributed by atoms with Crippen molar-refractivity contribution in [2.24, 2.45) is 0 Å².